The fourth-order valence-corrected chi connectivity index (χ4v) is 2.13. The molecule has 1 aliphatic rings. The molecule has 0 aliphatic carbocycles. The molecule has 1 aromatic rings. The van der Waals surface area contributed by atoms with E-state index >= 15 is 0 Å². The fraction of sp³-hybridized carbons (Fsp3) is 0.538. The quantitative estimate of drug-likeness (QED) is 0.798. The SMILES string of the molecule is COC(=O)c1cc(NC(C)C2CCOC2)ncc1N. The predicted octanol–water partition coefficient (Wildman–Crippen LogP) is 1.29. The molecule has 0 aromatic carbocycles. The number of carbonyl (C=O) groups excluding carboxylic acids is 1. The zero-order chi connectivity index (χ0) is 13.8. The third kappa shape index (κ3) is 3.14. The molecular weight excluding hydrogens is 246 g/mol. The van der Waals surface area contributed by atoms with Gasteiger partial charge in [0.1, 0.15) is 5.82 Å². The Morgan fingerprint density at radius 2 is 2.47 bits per heavy atom. The van der Waals surface area contributed by atoms with Gasteiger partial charge in [-0.1, -0.05) is 0 Å². The van der Waals surface area contributed by atoms with Gasteiger partial charge in [-0.05, 0) is 19.4 Å². The minimum atomic E-state index is -0.459. The molecule has 1 saturated heterocycles. The van der Waals surface area contributed by atoms with Crippen LogP contribution in [-0.2, 0) is 9.47 Å². The zero-order valence-electron chi connectivity index (χ0n) is 11.2. The number of rotatable bonds is 4. The number of pyridine rings is 1. The van der Waals surface area contributed by atoms with Crippen molar-refractivity contribution in [2.45, 2.75) is 19.4 Å². The number of esters is 1. The number of methoxy groups -OCH3 is 1. The van der Waals surface area contributed by atoms with Crippen molar-refractivity contribution in [3.05, 3.63) is 17.8 Å². The third-order valence-corrected chi connectivity index (χ3v) is 3.39. The molecule has 1 aromatic heterocycles. The highest BCUT2D eigenvalue weighted by molar-refractivity contribution is 5.95. The number of nitrogen functional groups attached to an aromatic ring is 1. The number of hydrogen-bond acceptors (Lipinski definition) is 6. The van der Waals surface area contributed by atoms with Gasteiger partial charge in [0.2, 0.25) is 0 Å². The molecule has 104 valence electrons. The summed E-state index contributed by atoms with van der Waals surface area (Å²) < 4.78 is 10.0. The summed E-state index contributed by atoms with van der Waals surface area (Å²) in [6, 6.07) is 1.84. The van der Waals surface area contributed by atoms with Gasteiger partial charge >= 0.3 is 5.97 Å². The van der Waals surface area contributed by atoms with Gasteiger partial charge in [0.25, 0.3) is 0 Å². The van der Waals surface area contributed by atoms with Gasteiger partial charge < -0.3 is 20.5 Å². The Balaban J connectivity index is 2.10. The van der Waals surface area contributed by atoms with E-state index in [0.29, 0.717) is 23.0 Å². The second-order valence-corrected chi connectivity index (χ2v) is 4.71. The Kier molecular flexibility index (Phi) is 4.21. The second-order valence-electron chi connectivity index (χ2n) is 4.71. The summed E-state index contributed by atoms with van der Waals surface area (Å²) >= 11 is 0. The largest absolute Gasteiger partial charge is 0.465 e. The molecule has 0 spiro atoms. The number of aromatic nitrogens is 1. The van der Waals surface area contributed by atoms with E-state index in [2.05, 4.69) is 22.0 Å². The van der Waals surface area contributed by atoms with Gasteiger partial charge in [0.05, 0.1) is 31.2 Å². The first kappa shape index (κ1) is 13.6. The highest BCUT2D eigenvalue weighted by atomic mass is 16.5. The van der Waals surface area contributed by atoms with Crippen molar-refractivity contribution in [1.29, 1.82) is 0 Å². The molecule has 1 fully saturated rings. The Bertz CT molecular complexity index is 458. The van der Waals surface area contributed by atoms with Crippen molar-refractivity contribution in [1.82, 2.24) is 4.98 Å². The molecule has 0 amide bonds. The normalized spacial score (nSPS) is 20.0. The van der Waals surface area contributed by atoms with E-state index in [-0.39, 0.29) is 6.04 Å². The minimum Gasteiger partial charge on any atom is -0.465 e. The summed E-state index contributed by atoms with van der Waals surface area (Å²) in [4.78, 5) is 15.7. The van der Waals surface area contributed by atoms with Gasteiger partial charge in [-0.3, -0.25) is 0 Å². The van der Waals surface area contributed by atoms with Gasteiger partial charge in [0, 0.05) is 18.6 Å². The van der Waals surface area contributed by atoms with Crippen molar-refractivity contribution in [3.63, 3.8) is 0 Å². The minimum absolute atomic E-state index is 0.226. The van der Waals surface area contributed by atoms with Crippen LogP contribution in [0, 0.1) is 5.92 Å². The van der Waals surface area contributed by atoms with Crippen LogP contribution in [0.1, 0.15) is 23.7 Å². The maximum Gasteiger partial charge on any atom is 0.340 e. The van der Waals surface area contributed by atoms with Crippen molar-refractivity contribution < 1.29 is 14.3 Å². The summed E-state index contributed by atoms with van der Waals surface area (Å²) in [5, 5.41) is 3.28. The molecule has 6 nitrogen and oxygen atoms in total. The van der Waals surface area contributed by atoms with E-state index < -0.39 is 5.97 Å². The van der Waals surface area contributed by atoms with E-state index in [4.69, 9.17) is 10.5 Å². The predicted molar refractivity (Wildman–Crippen MR) is 72.0 cm³/mol. The summed E-state index contributed by atoms with van der Waals surface area (Å²) in [6.07, 6.45) is 2.50. The topological polar surface area (TPSA) is 86.5 Å². The molecule has 2 atom stereocenters. The van der Waals surface area contributed by atoms with Crippen LogP contribution in [0.2, 0.25) is 0 Å². The van der Waals surface area contributed by atoms with Gasteiger partial charge in [0.15, 0.2) is 0 Å². The lowest BCUT2D eigenvalue weighted by molar-refractivity contribution is 0.0602. The molecule has 6 heteroatoms. The molecule has 0 saturated carbocycles. The Labute approximate surface area is 112 Å². The maximum absolute atomic E-state index is 11.6. The Morgan fingerprint density at radius 3 is 3.11 bits per heavy atom. The van der Waals surface area contributed by atoms with E-state index in [0.717, 1.165) is 19.6 Å². The molecule has 19 heavy (non-hydrogen) atoms. The summed E-state index contributed by atoms with van der Waals surface area (Å²) in [5.74, 6) is 0.620. The molecular formula is C13H19N3O3. The standard InChI is InChI=1S/C13H19N3O3/c1-8(9-3-4-19-7-9)16-12-5-10(13(17)18-2)11(14)6-15-12/h5-6,8-9H,3-4,7,14H2,1-2H3,(H,15,16). The summed E-state index contributed by atoms with van der Waals surface area (Å²) in [7, 11) is 1.33. The highest BCUT2D eigenvalue weighted by Gasteiger charge is 2.22. The summed E-state index contributed by atoms with van der Waals surface area (Å²) in [5.41, 5.74) is 6.35. The van der Waals surface area contributed by atoms with Crippen LogP contribution in [0.5, 0.6) is 0 Å². The summed E-state index contributed by atoms with van der Waals surface area (Å²) in [6.45, 7) is 3.64. The number of nitrogens with one attached hydrogen (secondary N) is 1. The van der Waals surface area contributed by atoms with Crippen LogP contribution in [-0.4, -0.2) is 37.3 Å². The van der Waals surface area contributed by atoms with E-state index in [1.807, 2.05) is 0 Å². The van der Waals surface area contributed by atoms with E-state index in [1.165, 1.54) is 13.3 Å². The first-order valence-electron chi connectivity index (χ1n) is 6.30. The van der Waals surface area contributed by atoms with Crippen LogP contribution >= 0.6 is 0 Å². The zero-order valence-corrected chi connectivity index (χ0v) is 11.2. The molecule has 0 radical (unpaired) electrons. The third-order valence-electron chi connectivity index (χ3n) is 3.39. The van der Waals surface area contributed by atoms with Crippen LogP contribution in [0.3, 0.4) is 0 Å². The molecule has 2 heterocycles. The van der Waals surface area contributed by atoms with Crippen LogP contribution in [0.15, 0.2) is 12.3 Å². The smallest absolute Gasteiger partial charge is 0.340 e. The number of nitrogens with two attached hydrogens (primary N) is 1. The van der Waals surface area contributed by atoms with Gasteiger partial charge in [-0.25, -0.2) is 9.78 Å². The average molecular weight is 265 g/mol. The monoisotopic (exact) mass is 265 g/mol. The molecule has 0 bridgehead atoms. The number of hydrogen-bond donors (Lipinski definition) is 2. The Hall–Kier alpha value is -1.82. The first-order chi connectivity index (χ1) is 9.11. The van der Waals surface area contributed by atoms with Gasteiger partial charge in [-0.2, -0.15) is 0 Å². The first-order valence-corrected chi connectivity index (χ1v) is 6.30. The Morgan fingerprint density at radius 1 is 1.68 bits per heavy atom. The average Bonchev–Trinajstić information content (AvgIpc) is 2.94. The lowest BCUT2D eigenvalue weighted by Gasteiger charge is -2.20. The second kappa shape index (κ2) is 5.88. The lowest BCUT2D eigenvalue weighted by atomic mass is 10.0. The van der Waals surface area contributed by atoms with Crippen LogP contribution < -0.4 is 11.1 Å². The van der Waals surface area contributed by atoms with Crippen LogP contribution in [0.25, 0.3) is 0 Å². The van der Waals surface area contributed by atoms with Crippen molar-refractivity contribution in [3.8, 4) is 0 Å². The molecule has 2 rings (SSSR count). The van der Waals surface area contributed by atoms with E-state index in [1.54, 1.807) is 6.07 Å². The lowest BCUT2D eigenvalue weighted by Crippen LogP contribution is -2.26. The highest BCUT2D eigenvalue weighted by Crippen LogP contribution is 2.21. The van der Waals surface area contributed by atoms with Gasteiger partial charge in [-0.15, -0.1) is 0 Å². The number of ether oxygens (including phenoxy) is 2. The van der Waals surface area contributed by atoms with Crippen molar-refractivity contribution in [2.75, 3.05) is 31.4 Å². The molecule has 3 N–H and O–H groups in total. The van der Waals surface area contributed by atoms with E-state index in [9.17, 15) is 4.79 Å². The molecule has 1 aliphatic heterocycles. The number of nitrogens with zero attached hydrogens (tertiary/aromatic N) is 1. The van der Waals surface area contributed by atoms with Crippen molar-refractivity contribution >= 4 is 17.5 Å². The maximum atomic E-state index is 11.6. The van der Waals surface area contributed by atoms with Crippen molar-refractivity contribution in [2.24, 2.45) is 5.92 Å². The van der Waals surface area contributed by atoms with Crippen LogP contribution in [0.4, 0.5) is 11.5 Å². The fourth-order valence-electron chi connectivity index (χ4n) is 2.13. The molecule has 2 unspecified atom stereocenters. The number of carbonyl (C=O) groups is 1. The number of anilines is 2.